The SMILES string of the molecule is C[C@@H](F)[C@H]1C(=O)N2C(C(=O)O)=C(C(C)(C)C)O[C@H]12. The highest BCUT2D eigenvalue weighted by Crippen LogP contribution is 2.47. The average Bonchev–Trinajstić information content (AvgIpc) is 2.51. The molecule has 1 amide bonds. The maximum Gasteiger partial charge on any atom is 0.356 e. The Labute approximate surface area is 104 Å². The van der Waals surface area contributed by atoms with E-state index in [9.17, 15) is 19.1 Å². The fourth-order valence-electron chi connectivity index (χ4n) is 2.29. The molecule has 5 nitrogen and oxygen atoms in total. The molecular formula is C12H16FNO4. The van der Waals surface area contributed by atoms with Crippen LogP contribution >= 0.6 is 0 Å². The van der Waals surface area contributed by atoms with E-state index in [0.29, 0.717) is 0 Å². The van der Waals surface area contributed by atoms with Gasteiger partial charge in [-0.05, 0) is 6.92 Å². The van der Waals surface area contributed by atoms with Gasteiger partial charge in [0.1, 0.15) is 17.8 Å². The van der Waals surface area contributed by atoms with Crippen molar-refractivity contribution >= 4 is 11.9 Å². The number of hydrogen-bond donors (Lipinski definition) is 1. The molecule has 1 saturated heterocycles. The lowest BCUT2D eigenvalue weighted by molar-refractivity contribution is -0.179. The second-order valence-electron chi connectivity index (χ2n) is 5.65. The fourth-order valence-corrected chi connectivity index (χ4v) is 2.29. The van der Waals surface area contributed by atoms with Crippen LogP contribution in [0.2, 0.25) is 0 Å². The van der Waals surface area contributed by atoms with Gasteiger partial charge in [0.25, 0.3) is 0 Å². The smallest absolute Gasteiger partial charge is 0.356 e. The van der Waals surface area contributed by atoms with Crippen molar-refractivity contribution in [3.05, 3.63) is 11.5 Å². The van der Waals surface area contributed by atoms with Crippen LogP contribution in [0.1, 0.15) is 27.7 Å². The molecule has 1 fully saturated rings. The van der Waals surface area contributed by atoms with Crippen LogP contribution < -0.4 is 0 Å². The molecule has 0 aromatic heterocycles. The molecule has 0 unspecified atom stereocenters. The summed E-state index contributed by atoms with van der Waals surface area (Å²) in [5, 5.41) is 9.19. The Hall–Kier alpha value is -1.59. The molecule has 2 aliphatic heterocycles. The molecule has 0 aromatic carbocycles. The number of carbonyl (C=O) groups is 2. The van der Waals surface area contributed by atoms with E-state index in [4.69, 9.17) is 4.74 Å². The quantitative estimate of drug-likeness (QED) is 0.761. The van der Waals surface area contributed by atoms with Crippen molar-refractivity contribution in [3.8, 4) is 0 Å². The highest BCUT2D eigenvalue weighted by Gasteiger charge is 2.60. The predicted octanol–water partition coefficient (Wildman–Crippen LogP) is 1.50. The first kappa shape index (κ1) is 12.9. The third-order valence-corrected chi connectivity index (χ3v) is 3.16. The van der Waals surface area contributed by atoms with Gasteiger partial charge in [-0.1, -0.05) is 20.8 Å². The third-order valence-electron chi connectivity index (χ3n) is 3.16. The number of allylic oxidation sites excluding steroid dienone is 1. The number of ether oxygens (including phenoxy) is 1. The van der Waals surface area contributed by atoms with Crippen LogP contribution in [0.3, 0.4) is 0 Å². The Morgan fingerprint density at radius 3 is 2.44 bits per heavy atom. The highest BCUT2D eigenvalue weighted by atomic mass is 19.1. The molecule has 2 heterocycles. The van der Waals surface area contributed by atoms with E-state index in [1.807, 2.05) is 0 Å². The first-order valence-electron chi connectivity index (χ1n) is 5.78. The Balaban J connectivity index is 2.39. The van der Waals surface area contributed by atoms with Crippen LogP contribution in [-0.4, -0.2) is 34.3 Å². The molecular weight excluding hydrogens is 241 g/mol. The normalized spacial score (nSPS) is 28.7. The fraction of sp³-hybridized carbons (Fsp3) is 0.667. The largest absolute Gasteiger partial charge is 0.476 e. The van der Waals surface area contributed by atoms with Crippen molar-refractivity contribution < 1.29 is 23.8 Å². The van der Waals surface area contributed by atoms with Crippen LogP contribution in [0, 0.1) is 11.3 Å². The monoisotopic (exact) mass is 257 g/mol. The van der Waals surface area contributed by atoms with Gasteiger partial charge in [-0.3, -0.25) is 9.69 Å². The van der Waals surface area contributed by atoms with Crippen LogP contribution in [-0.2, 0) is 14.3 Å². The zero-order valence-electron chi connectivity index (χ0n) is 10.7. The van der Waals surface area contributed by atoms with Crippen LogP contribution in [0.25, 0.3) is 0 Å². The Bertz CT molecular complexity index is 449. The van der Waals surface area contributed by atoms with Crippen molar-refractivity contribution in [2.24, 2.45) is 11.3 Å². The summed E-state index contributed by atoms with van der Waals surface area (Å²) < 4.78 is 18.8. The average molecular weight is 257 g/mol. The van der Waals surface area contributed by atoms with Crippen molar-refractivity contribution in [1.29, 1.82) is 0 Å². The molecule has 0 bridgehead atoms. The first-order chi connectivity index (χ1) is 8.16. The lowest BCUT2D eigenvalue weighted by Gasteiger charge is -2.41. The minimum absolute atomic E-state index is 0.158. The number of carboxylic acids is 1. The Kier molecular flexibility index (Phi) is 2.64. The molecule has 2 rings (SSSR count). The summed E-state index contributed by atoms with van der Waals surface area (Å²) in [4.78, 5) is 24.1. The number of aliphatic carboxylic acids is 1. The van der Waals surface area contributed by atoms with Gasteiger partial charge in [-0.25, -0.2) is 9.18 Å². The number of hydrogen-bond acceptors (Lipinski definition) is 3. The molecule has 0 radical (unpaired) electrons. The van der Waals surface area contributed by atoms with E-state index < -0.39 is 35.6 Å². The van der Waals surface area contributed by atoms with Crippen molar-refractivity contribution in [3.63, 3.8) is 0 Å². The number of carbonyl (C=O) groups excluding carboxylic acids is 1. The Morgan fingerprint density at radius 2 is 2.06 bits per heavy atom. The van der Waals surface area contributed by atoms with Crippen LogP contribution in [0.15, 0.2) is 11.5 Å². The van der Waals surface area contributed by atoms with E-state index in [1.165, 1.54) is 6.92 Å². The molecule has 0 saturated carbocycles. The first-order valence-corrected chi connectivity index (χ1v) is 5.78. The maximum atomic E-state index is 13.3. The van der Waals surface area contributed by atoms with Gasteiger partial charge in [-0.15, -0.1) is 0 Å². The van der Waals surface area contributed by atoms with E-state index in [0.717, 1.165) is 4.90 Å². The van der Waals surface area contributed by atoms with Gasteiger partial charge in [-0.2, -0.15) is 0 Å². The number of fused-ring (bicyclic) bond motifs is 1. The minimum Gasteiger partial charge on any atom is -0.476 e. The maximum absolute atomic E-state index is 13.3. The molecule has 100 valence electrons. The molecule has 18 heavy (non-hydrogen) atoms. The number of amides is 1. The summed E-state index contributed by atoms with van der Waals surface area (Å²) in [5.74, 6) is -2.41. The molecule has 2 aliphatic rings. The summed E-state index contributed by atoms with van der Waals surface area (Å²) in [7, 11) is 0. The van der Waals surface area contributed by atoms with E-state index >= 15 is 0 Å². The summed E-state index contributed by atoms with van der Waals surface area (Å²) in [6.45, 7) is 6.64. The molecule has 0 aromatic rings. The second kappa shape index (κ2) is 3.70. The molecule has 1 N–H and O–H groups in total. The van der Waals surface area contributed by atoms with Gasteiger partial charge in [0, 0.05) is 5.41 Å². The molecule has 0 spiro atoms. The summed E-state index contributed by atoms with van der Waals surface area (Å²) in [6, 6.07) is 0. The topological polar surface area (TPSA) is 66.8 Å². The minimum atomic E-state index is -1.35. The van der Waals surface area contributed by atoms with Gasteiger partial charge in [0.05, 0.1) is 0 Å². The lowest BCUT2D eigenvalue weighted by Crippen LogP contribution is -2.61. The zero-order chi connectivity index (χ0) is 13.8. The molecule has 3 atom stereocenters. The van der Waals surface area contributed by atoms with E-state index in [1.54, 1.807) is 20.8 Å². The number of β-lactam (4-membered cyclic amide) rings is 1. The number of nitrogens with zero attached hydrogens (tertiary/aromatic N) is 1. The van der Waals surface area contributed by atoms with Gasteiger partial charge in [0.15, 0.2) is 11.9 Å². The number of alkyl halides is 1. The highest BCUT2D eigenvalue weighted by molar-refractivity contribution is 5.98. The molecule has 6 heteroatoms. The lowest BCUT2D eigenvalue weighted by atomic mass is 9.90. The third kappa shape index (κ3) is 1.59. The van der Waals surface area contributed by atoms with Crippen molar-refractivity contribution in [2.45, 2.75) is 40.1 Å². The summed E-state index contributed by atoms with van der Waals surface area (Å²) >= 11 is 0. The number of rotatable bonds is 2. The van der Waals surface area contributed by atoms with E-state index in [-0.39, 0.29) is 11.5 Å². The van der Waals surface area contributed by atoms with Crippen LogP contribution in [0.5, 0.6) is 0 Å². The van der Waals surface area contributed by atoms with Gasteiger partial charge >= 0.3 is 5.97 Å². The summed E-state index contributed by atoms with van der Waals surface area (Å²) in [6.07, 6.45) is -2.16. The zero-order valence-corrected chi connectivity index (χ0v) is 10.7. The van der Waals surface area contributed by atoms with Gasteiger partial charge < -0.3 is 9.84 Å². The molecule has 0 aliphatic carbocycles. The second-order valence-corrected chi connectivity index (χ2v) is 5.65. The van der Waals surface area contributed by atoms with Crippen molar-refractivity contribution in [2.75, 3.05) is 0 Å². The van der Waals surface area contributed by atoms with Gasteiger partial charge in [0.2, 0.25) is 5.91 Å². The van der Waals surface area contributed by atoms with Crippen molar-refractivity contribution in [1.82, 2.24) is 4.90 Å². The predicted molar refractivity (Wildman–Crippen MR) is 59.9 cm³/mol. The standard InChI is InChI=1S/C12H16FNO4/c1-5(13)6-9(15)14-7(11(16)17)8(12(2,3)4)18-10(6)14/h5-6,10H,1-4H3,(H,16,17)/t5-,6+,10-/m1/s1. The number of halogens is 1. The Morgan fingerprint density at radius 1 is 1.50 bits per heavy atom. The van der Waals surface area contributed by atoms with E-state index in [2.05, 4.69) is 0 Å². The number of carboxylic acid groups (broad SMARTS) is 1. The van der Waals surface area contributed by atoms with Crippen LogP contribution in [0.4, 0.5) is 4.39 Å². The summed E-state index contributed by atoms with van der Waals surface area (Å²) in [5.41, 5.74) is -0.704.